The summed E-state index contributed by atoms with van der Waals surface area (Å²) < 4.78 is 6.88. The molecule has 0 atom stereocenters. The normalized spacial score (nSPS) is 10.9. The number of benzene rings is 2. The molecule has 0 aliphatic carbocycles. The van der Waals surface area contributed by atoms with Crippen LogP contribution in [-0.4, -0.2) is 22.8 Å². The number of ether oxygens (including phenoxy) is 1. The number of halogens is 2. The topological polar surface area (TPSA) is 56.1 Å². The lowest BCUT2D eigenvalue weighted by atomic mass is 10.1. The van der Waals surface area contributed by atoms with Crippen LogP contribution < -0.4 is 5.32 Å². The molecular weight excluding hydrogens is 397 g/mol. The summed E-state index contributed by atoms with van der Waals surface area (Å²) in [6, 6.07) is 12.8. The van der Waals surface area contributed by atoms with Crippen molar-refractivity contribution >= 4 is 34.8 Å². The van der Waals surface area contributed by atoms with Crippen LogP contribution >= 0.6 is 23.2 Å². The van der Waals surface area contributed by atoms with E-state index in [0.717, 1.165) is 33.9 Å². The Hall–Kier alpha value is -2.34. The van der Waals surface area contributed by atoms with Crippen molar-refractivity contribution in [2.24, 2.45) is 0 Å². The minimum atomic E-state index is -0.109. The second-order valence-electron chi connectivity index (χ2n) is 6.52. The summed E-state index contributed by atoms with van der Waals surface area (Å²) in [5.41, 5.74) is 4.99. The second-order valence-corrected chi connectivity index (χ2v) is 7.36. The Morgan fingerprint density at radius 3 is 2.68 bits per heavy atom. The summed E-state index contributed by atoms with van der Waals surface area (Å²) in [7, 11) is 1.64. The zero-order valence-corrected chi connectivity index (χ0v) is 17.4. The number of aromatic nitrogens is 2. The summed E-state index contributed by atoms with van der Waals surface area (Å²) in [6.07, 6.45) is 0.220. The summed E-state index contributed by atoms with van der Waals surface area (Å²) in [6.45, 7) is 4.30. The molecular formula is C21H21Cl2N3O2. The first-order valence-electron chi connectivity index (χ1n) is 8.77. The van der Waals surface area contributed by atoms with Gasteiger partial charge in [-0.25, -0.2) is 4.68 Å². The van der Waals surface area contributed by atoms with Crippen LogP contribution in [0.2, 0.25) is 10.0 Å². The molecule has 1 heterocycles. The number of nitrogens with one attached hydrogen (secondary N) is 1. The predicted molar refractivity (Wildman–Crippen MR) is 113 cm³/mol. The van der Waals surface area contributed by atoms with E-state index in [1.807, 2.05) is 44.2 Å². The number of hydrogen-bond donors (Lipinski definition) is 1. The molecule has 28 heavy (non-hydrogen) atoms. The third-order valence-electron chi connectivity index (χ3n) is 4.44. The first kappa shape index (κ1) is 20.4. The number of anilines is 1. The standard InChI is InChI=1S/C21H21Cl2N3O2/c1-13-18(11-21(27)24-17-6-4-5-15(9-17)12-28-3)14(2)26(25-13)20-8-7-16(22)10-19(20)23/h4-10H,11-12H2,1-3H3,(H,24,27). The Morgan fingerprint density at radius 1 is 1.18 bits per heavy atom. The van der Waals surface area contributed by atoms with Crippen LogP contribution in [0.25, 0.3) is 5.69 Å². The highest BCUT2D eigenvalue weighted by Gasteiger charge is 2.17. The van der Waals surface area contributed by atoms with Crippen LogP contribution in [0.4, 0.5) is 5.69 Å². The van der Waals surface area contributed by atoms with Gasteiger partial charge in [0.15, 0.2) is 0 Å². The lowest BCUT2D eigenvalue weighted by molar-refractivity contribution is -0.115. The largest absolute Gasteiger partial charge is 0.380 e. The van der Waals surface area contributed by atoms with Crippen LogP contribution in [0.5, 0.6) is 0 Å². The van der Waals surface area contributed by atoms with E-state index >= 15 is 0 Å². The van der Waals surface area contributed by atoms with Gasteiger partial charge in [-0.1, -0.05) is 35.3 Å². The van der Waals surface area contributed by atoms with E-state index in [1.165, 1.54) is 0 Å². The lowest BCUT2D eigenvalue weighted by Gasteiger charge is -2.09. The van der Waals surface area contributed by atoms with Gasteiger partial charge < -0.3 is 10.1 Å². The van der Waals surface area contributed by atoms with Crippen LogP contribution in [-0.2, 0) is 22.6 Å². The number of rotatable bonds is 6. The Labute approximate surface area is 174 Å². The highest BCUT2D eigenvalue weighted by molar-refractivity contribution is 6.35. The molecule has 0 saturated heterocycles. The fourth-order valence-corrected chi connectivity index (χ4v) is 3.58. The quantitative estimate of drug-likeness (QED) is 0.604. The number of hydrogen-bond acceptors (Lipinski definition) is 3. The molecule has 1 aromatic heterocycles. The summed E-state index contributed by atoms with van der Waals surface area (Å²) in [5.74, 6) is -0.109. The summed E-state index contributed by atoms with van der Waals surface area (Å²) in [5, 5.41) is 8.56. The number of carbonyl (C=O) groups is 1. The van der Waals surface area contributed by atoms with Crippen molar-refractivity contribution in [1.29, 1.82) is 0 Å². The fourth-order valence-electron chi connectivity index (χ4n) is 3.09. The highest BCUT2D eigenvalue weighted by atomic mass is 35.5. The Balaban J connectivity index is 1.80. The Morgan fingerprint density at radius 2 is 1.96 bits per heavy atom. The second kappa shape index (κ2) is 8.78. The summed E-state index contributed by atoms with van der Waals surface area (Å²) >= 11 is 12.3. The smallest absolute Gasteiger partial charge is 0.228 e. The molecule has 0 bridgehead atoms. The van der Waals surface area contributed by atoms with Gasteiger partial charge in [-0.3, -0.25) is 4.79 Å². The van der Waals surface area contributed by atoms with E-state index in [2.05, 4.69) is 10.4 Å². The molecule has 0 unspecified atom stereocenters. The maximum absolute atomic E-state index is 12.6. The molecule has 1 N–H and O–H groups in total. The van der Waals surface area contributed by atoms with Crippen LogP contribution in [0.3, 0.4) is 0 Å². The van der Waals surface area contributed by atoms with Gasteiger partial charge in [-0.2, -0.15) is 5.10 Å². The van der Waals surface area contributed by atoms with Gasteiger partial charge in [0.05, 0.1) is 29.4 Å². The average Bonchev–Trinajstić information content (AvgIpc) is 2.90. The van der Waals surface area contributed by atoms with E-state index in [0.29, 0.717) is 16.7 Å². The van der Waals surface area contributed by atoms with Crippen molar-refractivity contribution in [3.8, 4) is 5.69 Å². The van der Waals surface area contributed by atoms with E-state index in [4.69, 9.17) is 27.9 Å². The summed E-state index contributed by atoms with van der Waals surface area (Å²) in [4.78, 5) is 12.6. The first-order valence-corrected chi connectivity index (χ1v) is 9.53. The van der Waals surface area contributed by atoms with Gasteiger partial charge in [0.1, 0.15) is 0 Å². The molecule has 0 saturated carbocycles. The zero-order valence-electron chi connectivity index (χ0n) is 15.9. The van der Waals surface area contributed by atoms with Gasteiger partial charge in [0, 0.05) is 29.1 Å². The van der Waals surface area contributed by atoms with Crippen molar-refractivity contribution in [3.63, 3.8) is 0 Å². The highest BCUT2D eigenvalue weighted by Crippen LogP contribution is 2.27. The van der Waals surface area contributed by atoms with E-state index in [-0.39, 0.29) is 12.3 Å². The number of carbonyl (C=O) groups excluding carboxylic acids is 1. The van der Waals surface area contributed by atoms with Gasteiger partial charge in [-0.05, 0) is 49.7 Å². The fraction of sp³-hybridized carbons (Fsp3) is 0.238. The maximum atomic E-state index is 12.6. The predicted octanol–water partition coefficient (Wildman–Crippen LogP) is 5.12. The molecule has 3 rings (SSSR count). The molecule has 2 aromatic carbocycles. The lowest BCUT2D eigenvalue weighted by Crippen LogP contribution is -2.15. The van der Waals surface area contributed by atoms with Crippen LogP contribution in [0, 0.1) is 13.8 Å². The van der Waals surface area contributed by atoms with Crippen molar-refractivity contribution in [1.82, 2.24) is 9.78 Å². The van der Waals surface area contributed by atoms with Gasteiger partial charge in [0.2, 0.25) is 5.91 Å². The number of methoxy groups -OCH3 is 1. The number of aryl methyl sites for hydroxylation is 1. The molecule has 3 aromatic rings. The molecule has 0 radical (unpaired) electrons. The molecule has 1 amide bonds. The van der Waals surface area contributed by atoms with Crippen molar-refractivity contribution in [3.05, 3.63) is 75.0 Å². The van der Waals surface area contributed by atoms with Crippen LogP contribution in [0.15, 0.2) is 42.5 Å². The zero-order chi connectivity index (χ0) is 20.3. The van der Waals surface area contributed by atoms with Gasteiger partial charge in [-0.15, -0.1) is 0 Å². The molecule has 0 fully saturated rings. The van der Waals surface area contributed by atoms with Crippen molar-refractivity contribution < 1.29 is 9.53 Å². The monoisotopic (exact) mass is 417 g/mol. The number of nitrogens with zero attached hydrogens (tertiary/aromatic N) is 2. The maximum Gasteiger partial charge on any atom is 0.228 e. The average molecular weight is 418 g/mol. The van der Waals surface area contributed by atoms with Crippen LogP contribution in [0.1, 0.15) is 22.5 Å². The third-order valence-corrected chi connectivity index (χ3v) is 4.98. The van der Waals surface area contributed by atoms with Gasteiger partial charge in [0.25, 0.3) is 0 Å². The molecule has 7 heteroatoms. The van der Waals surface area contributed by atoms with E-state index in [1.54, 1.807) is 23.9 Å². The number of amides is 1. The SMILES string of the molecule is COCc1cccc(NC(=O)Cc2c(C)nn(-c3ccc(Cl)cc3Cl)c2C)c1. The molecule has 146 valence electrons. The Kier molecular flexibility index (Phi) is 6.39. The van der Waals surface area contributed by atoms with Crippen molar-refractivity contribution in [2.45, 2.75) is 26.9 Å². The van der Waals surface area contributed by atoms with E-state index in [9.17, 15) is 4.79 Å². The van der Waals surface area contributed by atoms with Crippen molar-refractivity contribution in [2.75, 3.05) is 12.4 Å². The van der Waals surface area contributed by atoms with Gasteiger partial charge >= 0.3 is 0 Å². The molecule has 0 spiro atoms. The molecule has 0 aliphatic heterocycles. The minimum Gasteiger partial charge on any atom is -0.380 e. The third kappa shape index (κ3) is 4.55. The Bertz CT molecular complexity index is 1010. The minimum absolute atomic E-state index is 0.109. The molecule has 5 nitrogen and oxygen atoms in total. The molecule has 0 aliphatic rings. The first-order chi connectivity index (χ1) is 13.4. The van der Waals surface area contributed by atoms with E-state index < -0.39 is 0 Å².